The van der Waals surface area contributed by atoms with Gasteiger partial charge in [0.2, 0.25) is 0 Å². The van der Waals surface area contributed by atoms with Crippen molar-refractivity contribution in [2.45, 2.75) is 44.7 Å². The highest BCUT2D eigenvalue weighted by molar-refractivity contribution is 6.39. The van der Waals surface area contributed by atoms with Gasteiger partial charge in [0, 0.05) is 34.1 Å². The summed E-state index contributed by atoms with van der Waals surface area (Å²) in [5, 5.41) is 3.42. The van der Waals surface area contributed by atoms with Crippen LogP contribution >= 0.6 is 23.2 Å². The summed E-state index contributed by atoms with van der Waals surface area (Å²) in [6.07, 6.45) is 4.91. The van der Waals surface area contributed by atoms with Gasteiger partial charge in [0.1, 0.15) is 11.9 Å². The van der Waals surface area contributed by atoms with Crippen molar-refractivity contribution in [1.29, 1.82) is 0 Å². The van der Waals surface area contributed by atoms with E-state index in [1.54, 1.807) is 30.1 Å². The lowest BCUT2D eigenvalue weighted by Crippen LogP contribution is -2.28. The second kappa shape index (κ2) is 10.4. The van der Waals surface area contributed by atoms with Crippen LogP contribution in [0, 0.1) is 5.82 Å². The molecule has 11 heteroatoms. The Morgan fingerprint density at radius 1 is 1.27 bits per heavy atom. The summed E-state index contributed by atoms with van der Waals surface area (Å²) in [6.45, 7) is 6.07. The molecule has 6 nitrogen and oxygen atoms in total. The second-order valence-electron chi connectivity index (χ2n) is 7.46. The molecule has 1 aliphatic rings. The van der Waals surface area contributed by atoms with Gasteiger partial charge in [0.25, 0.3) is 0 Å². The van der Waals surface area contributed by atoms with Crippen molar-refractivity contribution >= 4 is 44.7 Å². The fourth-order valence-electron chi connectivity index (χ4n) is 3.47. The maximum Gasteiger partial charge on any atom is 0.166 e. The van der Waals surface area contributed by atoms with Gasteiger partial charge in [0.05, 0.1) is 39.6 Å². The molecule has 0 spiro atoms. The molecule has 0 bridgehead atoms. The van der Waals surface area contributed by atoms with Crippen molar-refractivity contribution in [3.8, 4) is 16.9 Å². The lowest BCUT2D eigenvalue weighted by atomic mass is 9.63. The van der Waals surface area contributed by atoms with Crippen molar-refractivity contribution in [2.24, 2.45) is 0 Å². The molecule has 0 amide bonds. The first-order valence-electron chi connectivity index (χ1n) is 10.5. The van der Waals surface area contributed by atoms with Crippen LogP contribution < -0.4 is 10.5 Å². The predicted molar refractivity (Wildman–Crippen MR) is 131 cm³/mol. The normalized spacial score (nSPS) is 17.8. The van der Waals surface area contributed by atoms with E-state index < -0.39 is 17.3 Å². The molecule has 2 atom stereocenters. The van der Waals surface area contributed by atoms with E-state index in [9.17, 15) is 4.39 Å². The highest BCUT2D eigenvalue weighted by Gasteiger charge is 2.32. The summed E-state index contributed by atoms with van der Waals surface area (Å²) in [5.41, 5.74) is 7.84. The van der Waals surface area contributed by atoms with E-state index in [0.29, 0.717) is 24.3 Å². The predicted octanol–water partition coefficient (Wildman–Crippen LogP) is 5.09. The molecule has 0 aliphatic carbocycles. The van der Waals surface area contributed by atoms with Crippen LogP contribution in [-0.2, 0) is 4.74 Å². The van der Waals surface area contributed by atoms with Crippen molar-refractivity contribution in [3.63, 3.8) is 0 Å². The maximum absolute atomic E-state index is 13.9. The highest BCUT2D eigenvalue weighted by Crippen LogP contribution is 2.37. The largest absolute Gasteiger partial charge is 0.482 e. The molecular formula is C22H23B2Cl2FN4O2. The molecule has 1 aliphatic heterocycles. The zero-order valence-electron chi connectivity index (χ0n) is 18.6. The summed E-state index contributed by atoms with van der Waals surface area (Å²) < 4.78 is 26.9. The van der Waals surface area contributed by atoms with Gasteiger partial charge in [0.15, 0.2) is 11.6 Å². The number of hydrogen-bond acceptors (Lipinski definition) is 5. The summed E-state index contributed by atoms with van der Waals surface area (Å²) >= 11 is 12.3. The molecular weight excluding hydrogens is 464 g/mol. The third-order valence-corrected chi connectivity index (χ3v) is 5.79. The first kappa shape index (κ1) is 25.4. The Balaban J connectivity index is 0.00000149. The van der Waals surface area contributed by atoms with Crippen LogP contribution in [0.1, 0.15) is 44.9 Å². The molecule has 2 N–H and O–H groups in total. The smallest absolute Gasteiger partial charge is 0.166 e. The summed E-state index contributed by atoms with van der Waals surface area (Å²) in [6, 6.07) is 4.28. The van der Waals surface area contributed by atoms with E-state index >= 15 is 0 Å². The first-order chi connectivity index (χ1) is 15.6. The van der Waals surface area contributed by atoms with Gasteiger partial charge < -0.3 is 15.2 Å². The number of ether oxygens (including phenoxy) is 2. The van der Waals surface area contributed by atoms with Crippen molar-refractivity contribution in [3.05, 3.63) is 58.2 Å². The molecule has 1 fully saturated rings. The Hall–Kier alpha value is -2.22. The fourth-order valence-corrected chi connectivity index (χ4v) is 4.14. The quantitative estimate of drug-likeness (QED) is 0.401. The van der Waals surface area contributed by atoms with Gasteiger partial charge in [-0.15, -0.1) is 0 Å². The monoisotopic (exact) mass is 486 g/mol. The zero-order valence-corrected chi connectivity index (χ0v) is 20.1. The lowest BCUT2D eigenvalue weighted by Gasteiger charge is -2.19. The molecule has 3 heterocycles. The van der Waals surface area contributed by atoms with E-state index in [4.69, 9.17) is 54.1 Å². The minimum atomic E-state index is -1.16. The average molecular weight is 487 g/mol. The van der Waals surface area contributed by atoms with Crippen LogP contribution in [-0.4, -0.2) is 42.5 Å². The number of nitrogen functional groups attached to an aromatic ring is 1. The van der Waals surface area contributed by atoms with Crippen LogP contribution in [0.3, 0.4) is 0 Å². The van der Waals surface area contributed by atoms with Gasteiger partial charge in [-0.25, -0.2) is 9.37 Å². The van der Waals surface area contributed by atoms with Gasteiger partial charge in [-0.1, -0.05) is 37.0 Å². The molecule has 0 saturated carbocycles. The molecule has 1 saturated heterocycles. The minimum absolute atomic E-state index is 0.0708. The van der Waals surface area contributed by atoms with Crippen LogP contribution in [0.5, 0.6) is 5.75 Å². The van der Waals surface area contributed by atoms with E-state index in [-0.39, 0.29) is 21.9 Å². The Morgan fingerprint density at radius 3 is 2.67 bits per heavy atom. The molecule has 1 aromatic carbocycles. The fraction of sp³-hybridized carbons (Fsp3) is 0.364. The Bertz CT molecular complexity index is 1130. The molecule has 170 valence electrons. The second-order valence-corrected chi connectivity index (χ2v) is 8.24. The van der Waals surface area contributed by atoms with E-state index in [1.807, 2.05) is 20.0 Å². The van der Waals surface area contributed by atoms with Crippen LogP contribution in [0.15, 0.2) is 36.8 Å². The van der Waals surface area contributed by atoms with Crippen molar-refractivity contribution in [1.82, 2.24) is 14.8 Å². The zero-order chi connectivity index (χ0) is 24.3. The number of pyridine rings is 1. The third-order valence-electron chi connectivity index (χ3n) is 5.08. The maximum atomic E-state index is 13.9. The number of nitrogens with two attached hydrogens (primary N) is 1. The van der Waals surface area contributed by atoms with Crippen LogP contribution in [0.25, 0.3) is 11.1 Å². The third kappa shape index (κ3) is 5.65. The first-order valence-corrected chi connectivity index (χ1v) is 11.2. The van der Waals surface area contributed by atoms with Crippen LogP contribution in [0.4, 0.5) is 10.2 Å². The lowest BCUT2D eigenvalue weighted by molar-refractivity contribution is 0.131. The van der Waals surface area contributed by atoms with Gasteiger partial charge >= 0.3 is 0 Å². The molecule has 2 aromatic heterocycles. The van der Waals surface area contributed by atoms with Crippen molar-refractivity contribution in [2.75, 3.05) is 12.3 Å². The number of aromatic nitrogens is 3. The summed E-state index contributed by atoms with van der Waals surface area (Å²) in [5.74, 6) is -0.105. The standard InChI is InChI=1S/C20H17B2Cl2FN4O2.C2H6/c1-10(17-14(23)2-3-15(25)18(17)24)31-16-4-11(6-27-19(16)26)12-7-28-29(8-12)13-5-20(21,22)30-9-13;1-2/h2-4,6-8,10,13H,5,9H2,1H3,(H2,26,27);1-2H3. The number of rotatable bonds is 5. The van der Waals surface area contributed by atoms with E-state index in [1.165, 1.54) is 12.1 Å². The number of nitrogens with zero attached hydrogens (tertiary/aromatic N) is 3. The molecule has 33 heavy (non-hydrogen) atoms. The highest BCUT2D eigenvalue weighted by atomic mass is 35.5. The van der Waals surface area contributed by atoms with Gasteiger partial charge in [-0.05, 0) is 36.9 Å². The molecule has 3 aromatic rings. The number of hydrogen-bond donors (Lipinski definition) is 1. The Kier molecular flexibility index (Phi) is 7.98. The van der Waals surface area contributed by atoms with Gasteiger partial charge in [-0.3, -0.25) is 4.68 Å². The number of halogens is 3. The Labute approximate surface area is 205 Å². The summed E-state index contributed by atoms with van der Waals surface area (Å²) in [4.78, 5) is 4.21. The minimum Gasteiger partial charge on any atom is -0.482 e. The van der Waals surface area contributed by atoms with Gasteiger partial charge in [-0.2, -0.15) is 5.10 Å². The Morgan fingerprint density at radius 2 is 2.00 bits per heavy atom. The molecule has 4 radical (unpaired) electrons. The summed E-state index contributed by atoms with van der Waals surface area (Å²) in [7, 11) is 11.6. The number of anilines is 1. The number of benzene rings is 1. The SMILES string of the molecule is CC.[B]C1([B])CC(n2cc(-c3cnc(N)c(OC(C)c4c(Cl)ccc(F)c4Cl)c3)cn2)CO1. The molecule has 2 unspecified atom stereocenters. The van der Waals surface area contributed by atoms with Crippen molar-refractivity contribution < 1.29 is 13.9 Å². The topological polar surface area (TPSA) is 75.2 Å². The van der Waals surface area contributed by atoms with E-state index in [2.05, 4.69) is 10.1 Å². The molecule has 4 rings (SSSR count). The average Bonchev–Trinajstić information content (AvgIpc) is 3.40. The van der Waals surface area contributed by atoms with E-state index in [0.717, 1.165) is 11.1 Å². The van der Waals surface area contributed by atoms with Crippen LogP contribution in [0.2, 0.25) is 10.0 Å².